The number of hydrogen-bond donors (Lipinski definition) is 2. The highest BCUT2D eigenvalue weighted by Gasteiger charge is 2.38. The Labute approximate surface area is 102 Å². The average molecular weight is 260 g/mol. The Bertz CT molecular complexity index is 447. The monoisotopic (exact) mass is 260 g/mol. The first kappa shape index (κ1) is 13.5. The van der Waals surface area contributed by atoms with Crippen LogP contribution in [-0.4, -0.2) is 17.8 Å². The summed E-state index contributed by atoms with van der Waals surface area (Å²) in [4.78, 5) is 0.101. The third-order valence-corrected chi connectivity index (χ3v) is 5.24. The van der Waals surface area contributed by atoms with Crippen molar-refractivity contribution >= 4 is 22.5 Å². The van der Waals surface area contributed by atoms with E-state index in [0.717, 1.165) is 5.56 Å². The minimum absolute atomic E-state index is 0.101. The molecule has 0 aliphatic rings. The van der Waals surface area contributed by atoms with E-state index in [-0.39, 0.29) is 11.3 Å². The van der Waals surface area contributed by atoms with Crippen molar-refractivity contribution in [2.45, 2.75) is 35.8 Å². The molecule has 1 atom stereocenters. The van der Waals surface area contributed by atoms with Gasteiger partial charge in [0, 0.05) is 6.42 Å². The van der Waals surface area contributed by atoms with E-state index >= 15 is 0 Å². The molecule has 90 valence electrons. The van der Waals surface area contributed by atoms with Crippen LogP contribution >= 0.6 is 12.6 Å². The van der Waals surface area contributed by atoms with E-state index < -0.39 is 14.1 Å². The fraction of sp³-hybridized carbons (Fsp3) is 0.455. The Morgan fingerprint density at radius 3 is 2.25 bits per heavy atom. The first-order valence-corrected chi connectivity index (χ1v) is 7.00. The molecule has 1 rings (SSSR count). The number of benzene rings is 1. The third kappa shape index (κ3) is 2.59. The van der Waals surface area contributed by atoms with Gasteiger partial charge in [0.15, 0.2) is 0 Å². The zero-order valence-electron chi connectivity index (χ0n) is 9.34. The maximum Gasteiger partial charge on any atom is 0.217 e. The van der Waals surface area contributed by atoms with Crippen LogP contribution in [0.25, 0.3) is 0 Å². The third-order valence-electron chi connectivity index (χ3n) is 2.34. The SMILES string of the molecule is CCCC(O)(S)S(=O)(=O)c1ccc(C)cc1. The highest BCUT2D eigenvalue weighted by molar-refractivity contribution is 8.05. The maximum atomic E-state index is 12.0. The number of aryl methyl sites for hydroxylation is 1. The topological polar surface area (TPSA) is 54.4 Å². The fourth-order valence-electron chi connectivity index (χ4n) is 1.37. The molecular formula is C11H16O3S2. The van der Waals surface area contributed by atoms with Crippen LogP contribution < -0.4 is 0 Å². The predicted octanol–water partition coefficient (Wildman–Crippen LogP) is 2.14. The summed E-state index contributed by atoms with van der Waals surface area (Å²) in [5.41, 5.74) is 0.970. The van der Waals surface area contributed by atoms with Gasteiger partial charge >= 0.3 is 0 Å². The van der Waals surface area contributed by atoms with Gasteiger partial charge in [-0.05, 0) is 19.1 Å². The van der Waals surface area contributed by atoms with Crippen LogP contribution in [0.3, 0.4) is 0 Å². The van der Waals surface area contributed by atoms with E-state index in [0.29, 0.717) is 6.42 Å². The van der Waals surface area contributed by atoms with E-state index in [4.69, 9.17) is 0 Å². The molecule has 1 aromatic carbocycles. The van der Waals surface area contributed by atoms with Crippen LogP contribution in [0.1, 0.15) is 25.3 Å². The Balaban J connectivity index is 3.16. The molecule has 5 heteroatoms. The summed E-state index contributed by atoms with van der Waals surface area (Å²) in [6, 6.07) is 6.37. The molecule has 1 aromatic rings. The molecule has 0 spiro atoms. The Morgan fingerprint density at radius 2 is 1.81 bits per heavy atom. The molecule has 1 unspecified atom stereocenters. The number of rotatable bonds is 4. The lowest BCUT2D eigenvalue weighted by molar-refractivity contribution is 0.206. The van der Waals surface area contributed by atoms with Crippen LogP contribution in [0, 0.1) is 6.92 Å². The minimum Gasteiger partial charge on any atom is -0.366 e. The van der Waals surface area contributed by atoms with Crippen LogP contribution in [0.4, 0.5) is 0 Å². The van der Waals surface area contributed by atoms with E-state index in [2.05, 4.69) is 12.6 Å². The van der Waals surface area contributed by atoms with Gasteiger partial charge in [0.05, 0.1) is 4.90 Å². The largest absolute Gasteiger partial charge is 0.366 e. The minimum atomic E-state index is -3.80. The molecule has 3 nitrogen and oxygen atoms in total. The van der Waals surface area contributed by atoms with Crippen LogP contribution in [0.5, 0.6) is 0 Å². The van der Waals surface area contributed by atoms with Gasteiger partial charge in [0.1, 0.15) is 0 Å². The van der Waals surface area contributed by atoms with Crippen molar-refractivity contribution in [3.8, 4) is 0 Å². The number of hydrogen-bond acceptors (Lipinski definition) is 4. The van der Waals surface area contributed by atoms with E-state index in [1.165, 1.54) is 12.1 Å². The summed E-state index contributed by atoms with van der Waals surface area (Å²) in [5.74, 6) is 0. The second-order valence-electron chi connectivity index (χ2n) is 3.81. The molecule has 0 amide bonds. The quantitative estimate of drug-likeness (QED) is 0.644. The summed E-state index contributed by atoms with van der Waals surface area (Å²) in [5, 5.41) is 9.84. The van der Waals surface area contributed by atoms with Gasteiger partial charge in [-0.25, -0.2) is 8.42 Å². The summed E-state index contributed by atoms with van der Waals surface area (Å²) < 4.78 is 22.1. The second kappa shape index (κ2) is 4.77. The number of sulfone groups is 1. The molecule has 16 heavy (non-hydrogen) atoms. The molecule has 0 aromatic heterocycles. The van der Waals surface area contributed by atoms with Crippen molar-refractivity contribution in [3.63, 3.8) is 0 Å². The lowest BCUT2D eigenvalue weighted by Gasteiger charge is -2.21. The molecule has 0 saturated carbocycles. The molecule has 1 N–H and O–H groups in total. The molecule has 0 bridgehead atoms. The molecule has 0 radical (unpaired) electrons. The van der Waals surface area contributed by atoms with Crippen molar-refractivity contribution in [2.75, 3.05) is 0 Å². The summed E-state index contributed by atoms with van der Waals surface area (Å²) in [6.45, 7) is 3.67. The number of thiol groups is 1. The lowest BCUT2D eigenvalue weighted by atomic mass is 10.2. The zero-order valence-corrected chi connectivity index (χ0v) is 11.1. The molecule has 0 aliphatic heterocycles. The van der Waals surface area contributed by atoms with Crippen molar-refractivity contribution in [2.24, 2.45) is 0 Å². The zero-order chi connectivity index (χ0) is 12.4. The highest BCUT2D eigenvalue weighted by Crippen LogP contribution is 2.31. The first-order valence-electron chi connectivity index (χ1n) is 5.07. The van der Waals surface area contributed by atoms with E-state index in [1.807, 2.05) is 6.92 Å². The highest BCUT2D eigenvalue weighted by atomic mass is 32.2. The molecule has 0 saturated heterocycles. The van der Waals surface area contributed by atoms with Crippen LogP contribution in [-0.2, 0) is 9.84 Å². The Hall–Kier alpha value is -0.520. The van der Waals surface area contributed by atoms with Gasteiger partial charge in [0.25, 0.3) is 0 Å². The maximum absolute atomic E-state index is 12.0. The van der Waals surface area contributed by atoms with Crippen molar-refractivity contribution in [1.82, 2.24) is 0 Å². The average Bonchev–Trinajstić information content (AvgIpc) is 2.18. The second-order valence-corrected chi connectivity index (χ2v) is 7.01. The van der Waals surface area contributed by atoms with Crippen molar-refractivity contribution in [1.29, 1.82) is 0 Å². The van der Waals surface area contributed by atoms with Gasteiger partial charge in [-0.3, -0.25) is 0 Å². The van der Waals surface area contributed by atoms with E-state index in [1.54, 1.807) is 19.1 Å². The summed E-state index contributed by atoms with van der Waals surface area (Å²) >= 11 is 3.85. The van der Waals surface area contributed by atoms with Gasteiger partial charge in [-0.1, -0.05) is 31.0 Å². The molecule has 0 aliphatic carbocycles. The fourth-order valence-corrected chi connectivity index (χ4v) is 3.25. The molecule has 0 fully saturated rings. The van der Waals surface area contributed by atoms with E-state index in [9.17, 15) is 13.5 Å². The van der Waals surface area contributed by atoms with Crippen molar-refractivity contribution in [3.05, 3.63) is 29.8 Å². The van der Waals surface area contributed by atoms with Crippen molar-refractivity contribution < 1.29 is 13.5 Å². The molecule has 0 heterocycles. The Morgan fingerprint density at radius 1 is 1.31 bits per heavy atom. The summed E-state index contributed by atoms with van der Waals surface area (Å²) in [7, 11) is -3.80. The van der Waals surface area contributed by atoms with Gasteiger partial charge < -0.3 is 5.11 Å². The van der Waals surface area contributed by atoms with Crippen LogP contribution in [0.15, 0.2) is 29.2 Å². The van der Waals surface area contributed by atoms with Gasteiger partial charge in [-0.2, -0.15) is 0 Å². The Kier molecular flexibility index (Phi) is 4.04. The summed E-state index contributed by atoms with van der Waals surface area (Å²) in [6.07, 6.45) is 0.650. The first-order chi connectivity index (χ1) is 7.31. The predicted molar refractivity (Wildman–Crippen MR) is 67.2 cm³/mol. The molecular weight excluding hydrogens is 244 g/mol. The lowest BCUT2D eigenvalue weighted by Crippen LogP contribution is -2.32. The smallest absolute Gasteiger partial charge is 0.217 e. The van der Waals surface area contributed by atoms with Gasteiger partial charge in [0.2, 0.25) is 14.1 Å². The van der Waals surface area contributed by atoms with Crippen LogP contribution in [0.2, 0.25) is 0 Å². The standard InChI is InChI=1S/C11H16O3S2/c1-3-8-11(12,15)16(13,14)10-6-4-9(2)5-7-10/h4-7,12,15H,3,8H2,1-2H3. The van der Waals surface area contributed by atoms with Gasteiger partial charge in [-0.15, -0.1) is 12.6 Å². The normalized spacial score (nSPS) is 15.8. The number of aliphatic hydroxyl groups is 1.